The summed E-state index contributed by atoms with van der Waals surface area (Å²) < 4.78 is 50.3. The minimum atomic E-state index is -4.62. The van der Waals surface area contributed by atoms with Crippen LogP contribution in [0.25, 0.3) is 10.6 Å². The number of aromatic nitrogens is 1. The third-order valence-electron chi connectivity index (χ3n) is 4.87. The van der Waals surface area contributed by atoms with Gasteiger partial charge >= 0.3 is 6.18 Å². The Kier molecular flexibility index (Phi) is 7.77. The zero-order valence-corrected chi connectivity index (χ0v) is 19.4. The van der Waals surface area contributed by atoms with Gasteiger partial charge in [0.15, 0.2) is 11.5 Å². The maximum Gasteiger partial charge on any atom is 0.418 e. The van der Waals surface area contributed by atoms with Crippen LogP contribution in [0, 0.1) is 0 Å². The Balaban J connectivity index is 1.77. The fraction of sp³-hybridized carbons (Fsp3) is 0.261. The van der Waals surface area contributed by atoms with E-state index < -0.39 is 30.1 Å². The van der Waals surface area contributed by atoms with Crippen molar-refractivity contribution < 1.29 is 32.2 Å². The number of benzene rings is 2. The van der Waals surface area contributed by atoms with Gasteiger partial charge in [-0.2, -0.15) is 13.2 Å². The van der Waals surface area contributed by atoms with E-state index in [4.69, 9.17) is 9.47 Å². The highest BCUT2D eigenvalue weighted by Gasteiger charge is 2.33. The molecule has 11 heteroatoms. The first kappa shape index (κ1) is 25.0. The molecule has 0 spiro atoms. The molecule has 0 saturated carbocycles. The fourth-order valence-electron chi connectivity index (χ4n) is 3.24. The molecule has 180 valence electrons. The van der Waals surface area contributed by atoms with Crippen molar-refractivity contribution in [1.29, 1.82) is 0 Å². The van der Waals surface area contributed by atoms with Crippen molar-refractivity contribution >= 4 is 28.8 Å². The molecule has 0 bridgehead atoms. The molecule has 34 heavy (non-hydrogen) atoms. The van der Waals surface area contributed by atoms with Gasteiger partial charge in [0.1, 0.15) is 17.2 Å². The highest BCUT2D eigenvalue weighted by Crippen LogP contribution is 2.39. The maximum absolute atomic E-state index is 13.2. The van der Waals surface area contributed by atoms with Crippen molar-refractivity contribution in [2.45, 2.75) is 13.1 Å². The normalized spacial score (nSPS) is 11.1. The molecule has 1 aromatic heterocycles. The predicted octanol–water partition coefficient (Wildman–Crippen LogP) is 4.95. The van der Waals surface area contributed by atoms with E-state index in [0.717, 1.165) is 12.1 Å². The van der Waals surface area contributed by atoms with Crippen molar-refractivity contribution in [2.75, 3.05) is 32.6 Å². The summed E-state index contributed by atoms with van der Waals surface area (Å²) >= 11 is 1.21. The summed E-state index contributed by atoms with van der Waals surface area (Å²) in [7, 11) is 3.01. The van der Waals surface area contributed by atoms with Gasteiger partial charge in [0.25, 0.3) is 5.91 Å². The highest BCUT2D eigenvalue weighted by atomic mass is 32.1. The third kappa shape index (κ3) is 5.48. The zero-order chi connectivity index (χ0) is 24.9. The molecular formula is C23H22F3N3O4S. The summed E-state index contributed by atoms with van der Waals surface area (Å²) in [4.78, 5) is 31.0. The quantitative estimate of drug-likeness (QED) is 0.481. The molecule has 0 aliphatic heterocycles. The number of hydrogen-bond donors (Lipinski definition) is 1. The number of carbonyl (C=O) groups excluding carboxylic acids is 2. The van der Waals surface area contributed by atoms with E-state index in [1.165, 1.54) is 42.6 Å². The number of nitrogens with zero attached hydrogens (tertiary/aromatic N) is 2. The number of ether oxygens (including phenoxy) is 2. The Morgan fingerprint density at radius 1 is 1.09 bits per heavy atom. The second kappa shape index (κ2) is 10.6. The monoisotopic (exact) mass is 493 g/mol. The second-order valence-corrected chi connectivity index (χ2v) is 7.85. The van der Waals surface area contributed by atoms with Gasteiger partial charge in [0.05, 0.1) is 31.0 Å². The summed E-state index contributed by atoms with van der Waals surface area (Å²) in [6, 6.07) is 9.93. The number of hydrogen-bond acceptors (Lipinski definition) is 6. The molecule has 7 nitrogen and oxygen atoms in total. The van der Waals surface area contributed by atoms with Gasteiger partial charge in [-0.1, -0.05) is 18.2 Å². The standard InChI is InChI=1S/C23H22F3N3O4S/c1-4-29(12-19(30)27-16-10-6-5-9-15(16)23(24,25)26)22(31)17-13-34-21(28-17)14-8-7-11-18(32-2)20(14)33-3/h5-11,13H,4,12H2,1-3H3,(H,27,30). The number of halogens is 3. The number of rotatable bonds is 8. The van der Waals surface area contributed by atoms with Gasteiger partial charge in [-0.25, -0.2) is 4.98 Å². The van der Waals surface area contributed by atoms with Gasteiger partial charge in [-0.05, 0) is 31.2 Å². The molecule has 0 saturated heterocycles. The number of amides is 2. The van der Waals surface area contributed by atoms with Crippen LogP contribution in [0.3, 0.4) is 0 Å². The molecule has 0 atom stereocenters. The van der Waals surface area contributed by atoms with Crippen molar-refractivity contribution in [2.24, 2.45) is 0 Å². The number of methoxy groups -OCH3 is 2. The van der Waals surface area contributed by atoms with Crippen molar-refractivity contribution in [1.82, 2.24) is 9.88 Å². The number of alkyl halides is 3. The summed E-state index contributed by atoms with van der Waals surface area (Å²) in [5, 5.41) is 4.31. The smallest absolute Gasteiger partial charge is 0.418 e. The van der Waals surface area contributed by atoms with E-state index in [1.807, 2.05) is 0 Å². The minimum absolute atomic E-state index is 0.107. The SMILES string of the molecule is CCN(CC(=O)Nc1ccccc1C(F)(F)F)C(=O)c1csc(-c2cccc(OC)c2OC)n1. The summed E-state index contributed by atoms with van der Waals surface area (Å²) in [6.45, 7) is 1.38. The molecule has 3 aromatic rings. The Labute approximate surface area is 198 Å². The number of likely N-dealkylation sites (N-methyl/N-ethyl adjacent to an activating group) is 1. The van der Waals surface area contributed by atoms with E-state index in [-0.39, 0.29) is 17.9 Å². The number of carbonyl (C=O) groups is 2. The van der Waals surface area contributed by atoms with E-state index in [9.17, 15) is 22.8 Å². The Morgan fingerprint density at radius 2 is 1.82 bits per heavy atom. The van der Waals surface area contributed by atoms with Crippen LogP contribution in [0.5, 0.6) is 11.5 Å². The molecule has 0 fully saturated rings. The van der Waals surface area contributed by atoms with Crippen LogP contribution in [0.1, 0.15) is 23.0 Å². The summed E-state index contributed by atoms with van der Waals surface area (Å²) in [6.07, 6.45) is -4.62. The molecule has 3 rings (SSSR count). The average molecular weight is 494 g/mol. The van der Waals surface area contributed by atoms with Crippen LogP contribution in [0.2, 0.25) is 0 Å². The van der Waals surface area contributed by atoms with Gasteiger partial charge in [-0.15, -0.1) is 11.3 Å². The molecule has 0 radical (unpaired) electrons. The van der Waals surface area contributed by atoms with E-state index in [0.29, 0.717) is 22.1 Å². The lowest BCUT2D eigenvalue weighted by Gasteiger charge is -2.20. The van der Waals surface area contributed by atoms with Crippen molar-refractivity contribution in [3.8, 4) is 22.1 Å². The molecular weight excluding hydrogens is 471 g/mol. The number of para-hydroxylation sites is 2. The summed E-state index contributed by atoms with van der Waals surface area (Å²) in [5.41, 5.74) is -0.593. The van der Waals surface area contributed by atoms with Crippen molar-refractivity contribution in [3.63, 3.8) is 0 Å². The average Bonchev–Trinajstić information content (AvgIpc) is 3.31. The second-order valence-electron chi connectivity index (χ2n) is 6.99. The zero-order valence-electron chi connectivity index (χ0n) is 18.6. The first-order valence-corrected chi connectivity index (χ1v) is 11.0. The third-order valence-corrected chi connectivity index (χ3v) is 5.74. The highest BCUT2D eigenvalue weighted by molar-refractivity contribution is 7.13. The first-order chi connectivity index (χ1) is 16.2. The van der Waals surface area contributed by atoms with Crippen LogP contribution >= 0.6 is 11.3 Å². The topological polar surface area (TPSA) is 80.8 Å². The van der Waals surface area contributed by atoms with Crippen LogP contribution in [0.4, 0.5) is 18.9 Å². The number of nitrogens with one attached hydrogen (secondary N) is 1. The maximum atomic E-state index is 13.2. The van der Waals surface area contributed by atoms with Gasteiger partial charge in [-0.3, -0.25) is 9.59 Å². The van der Waals surface area contributed by atoms with Crippen molar-refractivity contribution in [3.05, 3.63) is 59.1 Å². The number of thiazole rings is 1. The molecule has 0 unspecified atom stereocenters. The number of anilines is 1. The first-order valence-electron chi connectivity index (χ1n) is 10.1. The Bertz CT molecular complexity index is 1180. The van der Waals surface area contributed by atoms with E-state index in [1.54, 1.807) is 30.5 Å². The van der Waals surface area contributed by atoms with Gasteiger partial charge < -0.3 is 19.7 Å². The van der Waals surface area contributed by atoms with Gasteiger partial charge in [0, 0.05) is 11.9 Å². The van der Waals surface area contributed by atoms with Crippen LogP contribution in [-0.4, -0.2) is 49.0 Å². The summed E-state index contributed by atoms with van der Waals surface area (Å²) in [5.74, 6) is -0.301. The Morgan fingerprint density at radius 3 is 2.47 bits per heavy atom. The fourth-order valence-corrected chi connectivity index (χ4v) is 4.06. The van der Waals surface area contributed by atoms with E-state index in [2.05, 4.69) is 10.3 Å². The predicted molar refractivity (Wildman–Crippen MR) is 122 cm³/mol. The molecule has 2 amide bonds. The van der Waals surface area contributed by atoms with Crippen LogP contribution in [0.15, 0.2) is 47.8 Å². The largest absolute Gasteiger partial charge is 0.493 e. The Hall–Kier alpha value is -3.60. The lowest BCUT2D eigenvalue weighted by atomic mass is 10.1. The molecule has 1 N–H and O–H groups in total. The van der Waals surface area contributed by atoms with Gasteiger partial charge in [0.2, 0.25) is 5.91 Å². The lowest BCUT2D eigenvalue weighted by Crippen LogP contribution is -2.38. The molecule has 2 aromatic carbocycles. The molecule has 0 aliphatic carbocycles. The van der Waals surface area contributed by atoms with Crippen LogP contribution in [-0.2, 0) is 11.0 Å². The minimum Gasteiger partial charge on any atom is -0.493 e. The van der Waals surface area contributed by atoms with E-state index >= 15 is 0 Å². The van der Waals surface area contributed by atoms with Crippen LogP contribution < -0.4 is 14.8 Å². The lowest BCUT2D eigenvalue weighted by molar-refractivity contribution is -0.137. The molecule has 0 aliphatic rings. The molecule has 1 heterocycles.